The van der Waals surface area contributed by atoms with Crippen molar-refractivity contribution in [2.45, 2.75) is 44.2 Å². The van der Waals surface area contributed by atoms with Gasteiger partial charge in [0.1, 0.15) is 4.90 Å². The molecule has 0 radical (unpaired) electrons. The second-order valence-corrected chi connectivity index (χ2v) is 7.11. The third-order valence-corrected chi connectivity index (χ3v) is 5.79. The fraction of sp³-hybridized carbons (Fsp3) is 0.615. The van der Waals surface area contributed by atoms with Gasteiger partial charge in [0.25, 0.3) is 0 Å². The first-order valence-corrected chi connectivity index (χ1v) is 8.06. The smallest absolute Gasteiger partial charge is 0.245 e. The molecule has 0 spiro atoms. The minimum absolute atomic E-state index is 0.0274. The molecule has 106 valence electrons. The van der Waals surface area contributed by atoms with Crippen LogP contribution in [-0.4, -0.2) is 30.3 Å². The maximum atomic E-state index is 12.7. The lowest BCUT2D eigenvalue weighted by molar-refractivity contribution is 0.220. The van der Waals surface area contributed by atoms with Crippen LogP contribution in [0.2, 0.25) is 0 Å². The van der Waals surface area contributed by atoms with Crippen LogP contribution < -0.4 is 5.73 Å². The molecule has 1 saturated heterocycles. The summed E-state index contributed by atoms with van der Waals surface area (Å²) in [5.74, 6) is 0.573. The number of hydrogen-bond donors (Lipinski definition) is 1. The summed E-state index contributed by atoms with van der Waals surface area (Å²) in [5.41, 5.74) is 6.03. The molecule has 1 aliphatic heterocycles. The van der Waals surface area contributed by atoms with Crippen LogP contribution in [0.4, 0.5) is 0 Å². The monoisotopic (exact) mass is 283 g/mol. The van der Waals surface area contributed by atoms with Crippen molar-refractivity contribution in [3.8, 4) is 0 Å². The maximum absolute atomic E-state index is 12.7. The zero-order valence-electron chi connectivity index (χ0n) is 11.4. The van der Waals surface area contributed by atoms with E-state index in [2.05, 4.69) is 11.9 Å². The Morgan fingerprint density at radius 2 is 2.21 bits per heavy atom. The van der Waals surface area contributed by atoms with Gasteiger partial charge in [0.15, 0.2) is 0 Å². The molecule has 0 bridgehead atoms. The molecular formula is C13H21N3O2S. The highest BCUT2D eigenvalue weighted by Gasteiger charge is 2.34. The van der Waals surface area contributed by atoms with Crippen LogP contribution in [0.3, 0.4) is 0 Å². The lowest BCUT2D eigenvalue weighted by Crippen LogP contribution is -2.44. The largest absolute Gasteiger partial charge is 0.325 e. The number of sulfonamides is 1. The number of hydrogen-bond acceptors (Lipinski definition) is 4. The molecule has 2 heterocycles. The van der Waals surface area contributed by atoms with Crippen molar-refractivity contribution in [2.75, 3.05) is 6.54 Å². The van der Waals surface area contributed by atoms with Crippen molar-refractivity contribution in [1.82, 2.24) is 9.29 Å². The van der Waals surface area contributed by atoms with Crippen molar-refractivity contribution in [3.63, 3.8) is 0 Å². The van der Waals surface area contributed by atoms with E-state index < -0.39 is 10.0 Å². The fourth-order valence-electron chi connectivity index (χ4n) is 2.68. The third-order valence-electron chi connectivity index (χ3n) is 3.71. The molecule has 1 fully saturated rings. The first-order chi connectivity index (χ1) is 8.96. The van der Waals surface area contributed by atoms with Crippen LogP contribution in [0.15, 0.2) is 23.2 Å². The maximum Gasteiger partial charge on any atom is 0.245 e. The molecule has 1 aliphatic rings. The van der Waals surface area contributed by atoms with Crippen molar-refractivity contribution in [1.29, 1.82) is 0 Å². The van der Waals surface area contributed by atoms with E-state index >= 15 is 0 Å². The Morgan fingerprint density at radius 3 is 2.84 bits per heavy atom. The Bertz CT molecular complexity index is 545. The molecule has 1 aromatic rings. The zero-order valence-corrected chi connectivity index (χ0v) is 12.2. The first kappa shape index (κ1) is 14.4. The summed E-state index contributed by atoms with van der Waals surface area (Å²) in [6, 6.07) is 3.26. The van der Waals surface area contributed by atoms with Gasteiger partial charge in [0.05, 0.1) is 5.69 Å². The summed E-state index contributed by atoms with van der Waals surface area (Å²) < 4.78 is 27.0. The first-order valence-electron chi connectivity index (χ1n) is 6.62. The van der Waals surface area contributed by atoms with Crippen molar-refractivity contribution >= 4 is 10.0 Å². The van der Waals surface area contributed by atoms with E-state index in [9.17, 15) is 8.42 Å². The van der Waals surface area contributed by atoms with Gasteiger partial charge in [0, 0.05) is 25.3 Å². The Morgan fingerprint density at radius 1 is 1.47 bits per heavy atom. The third kappa shape index (κ3) is 2.80. The molecule has 2 N–H and O–H groups in total. The highest BCUT2D eigenvalue weighted by molar-refractivity contribution is 7.89. The minimum atomic E-state index is -3.49. The van der Waals surface area contributed by atoms with E-state index in [1.165, 1.54) is 0 Å². The topological polar surface area (TPSA) is 76.3 Å². The van der Waals surface area contributed by atoms with E-state index in [0.717, 1.165) is 12.8 Å². The summed E-state index contributed by atoms with van der Waals surface area (Å²) in [6.07, 6.45) is 3.38. The van der Waals surface area contributed by atoms with Crippen molar-refractivity contribution < 1.29 is 8.42 Å². The van der Waals surface area contributed by atoms with E-state index in [0.29, 0.717) is 18.2 Å². The average molecular weight is 283 g/mol. The number of nitrogens with zero attached hydrogens (tertiary/aromatic N) is 2. The molecule has 0 aliphatic carbocycles. The van der Waals surface area contributed by atoms with Crippen LogP contribution in [0.1, 0.15) is 32.4 Å². The van der Waals surface area contributed by atoms with E-state index in [4.69, 9.17) is 5.73 Å². The van der Waals surface area contributed by atoms with Gasteiger partial charge in [-0.2, -0.15) is 4.31 Å². The van der Waals surface area contributed by atoms with Crippen molar-refractivity contribution in [2.24, 2.45) is 11.7 Å². The van der Waals surface area contributed by atoms with Gasteiger partial charge in [-0.1, -0.05) is 6.92 Å². The lowest BCUT2D eigenvalue weighted by Gasteiger charge is -2.35. The van der Waals surface area contributed by atoms with Gasteiger partial charge in [0.2, 0.25) is 10.0 Å². The van der Waals surface area contributed by atoms with Gasteiger partial charge in [-0.05, 0) is 37.8 Å². The highest BCUT2D eigenvalue weighted by Crippen LogP contribution is 2.28. The Kier molecular flexibility index (Phi) is 4.23. The quantitative estimate of drug-likeness (QED) is 0.908. The fourth-order valence-corrected chi connectivity index (χ4v) is 4.52. The van der Waals surface area contributed by atoms with E-state index in [-0.39, 0.29) is 17.5 Å². The molecule has 2 atom stereocenters. The summed E-state index contributed by atoms with van der Waals surface area (Å²) >= 11 is 0. The van der Waals surface area contributed by atoms with Gasteiger partial charge < -0.3 is 5.73 Å². The summed E-state index contributed by atoms with van der Waals surface area (Å²) in [7, 11) is -3.49. The molecule has 2 rings (SSSR count). The predicted octanol–water partition coefficient (Wildman–Crippen LogP) is 1.35. The molecular weight excluding hydrogens is 262 g/mol. The molecule has 0 aromatic carbocycles. The van der Waals surface area contributed by atoms with E-state index in [1.807, 2.05) is 6.92 Å². The van der Waals surface area contributed by atoms with Crippen LogP contribution in [0.25, 0.3) is 0 Å². The van der Waals surface area contributed by atoms with Gasteiger partial charge in [-0.3, -0.25) is 4.98 Å². The molecule has 2 unspecified atom stereocenters. The SMILES string of the molecule is CC1CCN(S(=O)(=O)c2cccnc2CN)C(C)C1. The van der Waals surface area contributed by atoms with Crippen LogP contribution in [0.5, 0.6) is 0 Å². The standard InChI is InChI=1S/C13H21N3O2S/c1-10-5-7-16(11(2)8-10)19(17,18)13-4-3-6-15-12(13)9-14/h3-4,6,10-11H,5,7-9,14H2,1-2H3. The lowest BCUT2D eigenvalue weighted by atomic mass is 9.95. The number of pyridine rings is 1. The Balaban J connectivity index is 2.37. The molecule has 0 amide bonds. The minimum Gasteiger partial charge on any atom is -0.325 e. The van der Waals surface area contributed by atoms with Crippen molar-refractivity contribution in [3.05, 3.63) is 24.0 Å². The second-order valence-electron chi connectivity index (χ2n) is 5.25. The number of aromatic nitrogens is 1. The van der Waals surface area contributed by atoms with Crippen LogP contribution >= 0.6 is 0 Å². The second kappa shape index (κ2) is 5.56. The summed E-state index contributed by atoms with van der Waals surface area (Å²) in [4.78, 5) is 4.32. The summed E-state index contributed by atoms with van der Waals surface area (Å²) in [5, 5.41) is 0. The summed E-state index contributed by atoms with van der Waals surface area (Å²) in [6.45, 7) is 4.83. The average Bonchev–Trinajstić information content (AvgIpc) is 2.38. The van der Waals surface area contributed by atoms with Gasteiger partial charge in [-0.25, -0.2) is 8.42 Å². The normalized spacial score (nSPS) is 25.4. The highest BCUT2D eigenvalue weighted by atomic mass is 32.2. The van der Waals surface area contributed by atoms with E-state index in [1.54, 1.807) is 22.6 Å². The number of piperidine rings is 1. The zero-order chi connectivity index (χ0) is 14.0. The van der Waals surface area contributed by atoms with Crippen LogP contribution in [0, 0.1) is 5.92 Å². The Labute approximate surface area is 114 Å². The van der Waals surface area contributed by atoms with Gasteiger partial charge in [-0.15, -0.1) is 0 Å². The number of rotatable bonds is 3. The molecule has 1 aromatic heterocycles. The number of nitrogens with two attached hydrogens (primary N) is 1. The molecule has 5 nitrogen and oxygen atoms in total. The van der Waals surface area contributed by atoms with Gasteiger partial charge >= 0.3 is 0 Å². The molecule has 0 saturated carbocycles. The predicted molar refractivity (Wildman–Crippen MR) is 73.9 cm³/mol. The molecule has 19 heavy (non-hydrogen) atoms. The van der Waals surface area contributed by atoms with Crippen LogP contribution in [-0.2, 0) is 16.6 Å². The Hall–Kier alpha value is -0.980. The molecule has 6 heteroatoms.